The Balaban J connectivity index is 2.46. The van der Waals surface area contributed by atoms with E-state index < -0.39 is 5.97 Å². The first kappa shape index (κ1) is 8.83. The number of carboxylic acid groups (broad SMARTS) is 1. The SMILES string of the molecule is O=C(O)c1cccc(-c2ncns2)c1. The van der Waals surface area contributed by atoms with Crippen molar-refractivity contribution >= 4 is 17.5 Å². The molecule has 70 valence electrons. The normalized spacial score (nSPS) is 10.0. The van der Waals surface area contributed by atoms with Gasteiger partial charge in [-0.3, -0.25) is 0 Å². The minimum atomic E-state index is -0.934. The van der Waals surface area contributed by atoms with Gasteiger partial charge in [-0.2, -0.15) is 4.37 Å². The van der Waals surface area contributed by atoms with E-state index in [0.717, 1.165) is 10.6 Å². The fraction of sp³-hybridized carbons (Fsp3) is 0. The maximum atomic E-state index is 10.7. The Labute approximate surface area is 84.0 Å². The molecule has 1 aromatic heterocycles. The van der Waals surface area contributed by atoms with Crippen LogP contribution in [-0.4, -0.2) is 20.4 Å². The lowest BCUT2D eigenvalue weighted by Crippen LogP contribution is -1.95. The first-order valence-electron chi connectivity index (χ1n) is 3.88. The van der Waals surface area contributed by atoms with Crippen LogP contribution in [0.5, 0.6) is 0 Å². The molecule has 14 heavy (non-hydrogen) atoms. The average Bonchev–Trinajstić information content (AvgIpc) is 2.71. The second kappa shape index (κ2) is 3.55. The third-order valence-electron chi connectivity index (χ3n) is 1.72. The van der Waals surface area contributed by atoms with Crippen molar-refractivity contribution in [3.63, 3.8) is 0 Å². The van der Waals surface area contributed by atoms with Gasteiger partial charge in [-0.25, -0.2) is 9.78 Å². The van der Waals surface area contributed by atoms with E-state index in [9.17, 15) is 4.79 Å². The lowest BCUT2D eigenvalue weighted by Gasteiger charge is -1.97. The molecular formula is C9H6N2O2S. The summed E-state index contributed by atoms with van der Waals surface area (Å²) in [5.74, 6) is -0.934. The quantitative estimate of drug-likeness (QED) is 0.815. The zero-order chi connectivity index (χ0) is 9.97. The number of hydrogen-bond acceptors (Lipinski definition) is 4. The molecule has 0 aliphatic rings. The molecular weight excluding hydrogens is 200 g/mol. The topological polar surface area (TPSA) is 63.1 Å². The van der Waals surface area contributed by atoms with Gasteiger partial charge in [0.2, 0.25) is 0 Å². The van der Waals surface area contributed by atoms with Gasteiger partial charge in [0, 0.05) is 5.56 Å². The van der Waals surface area contributed by atoms with Gasteiger partial charge in [-0.05, 0) is 23.7 Å². The standard InChI is InChI=1S/C9H6N2O2S/c12-9(13)7-3-1-2-6(4-7)8-10-5-11-14-8/h1-5H,(H,12,13). The maximum absolute atomic E-state index is 10.7. The second-order valence-electron chi connectivity index (χ2n) is 2.63. The Bertz CT molecular complexity index is 454. The summed E-state index contributed by atoms with van der Waals surface area (Å²) in [4.78, 5) is 14.7. The predicted molar refractivity (Wildman–Crippen MR) is 52.3 cm³/mol. The van der Waals surface area contributed by atoms with Crippen LogP contribution in [0.3, 0.4) is 0 Å². The molecule has 2 rings (SSSR count). The van der Waals surface area contributed by atoms with Gasteiger partial charge in [0.25, 0.3) is 0 Å². The molecule has 5 heteroatoms. The fourth-order valence-corrected chi connectivity index (χ4v) is 1.61. The lowest BCUT2D eigenvalue weighted by atomic mass is 10.1. The van der Waals surface area contributed by atoms with Crippen LogP contribution in [0.2, 0.25) is 0 Å². The number of aromatic carboxylic acids is 1. The van der Waals surface area contributed by atoms with Crippen LogP contribution in [-0.2, 0) is 0 Å². The van der Waals surface area contributed by atoms with Crippen molar-refractivity contribution in [1.29, 1.82) is 0 Å². The van der Waals surface area contributed by atoms with Gasteiger partial charge in [0.1, 0.15) is 11.3 Å². The van der Waals surface area contributed by atoms with E-state index in [-0.39, 0.29) is 5.56 Å². The Morgan fingerprint density at radius 2 is 2.29 bits per heavy atom. The highest BCUT2D eigenvalue weighted by Gasteiger charge is 2.06. The first-order chi connectivity index (χ1) is 6.77. The number of hydrogen-bond donors (Lipinski definition) is 1. The molecule has 0 bridgehead atoms. The van der Waals surface area contributed by atoms with E-state index in [1.165, 1.54) is 17.9 Å². The molecule has 0 aliphatic carbocycles. The summed E-state index contributed by atoms with van der Waals surface area (Å²) >= 11 is 1.24. The summed E-state index contributed by atoms with van der Waals surface area (Å²) in [7, 11) is 0. The molecule has 0 fully saturated rings. The molecule has 4 nitrogen and oxygen atoms in total. The molecule has 0 saturated carbocycles. The Morgan fingerprint density at radius 1 is 1.43 bits per heavy atom. The van der Waals surface area contributed by atoms with Crippen molar-refractivity contribution in [3.8, 4) is 10.6 Å². The van der Waals surface area contributed by atoms with E-state index >= 15 is 0 Å². The van der Waals surface area contributed by atoms with Crippen LogP contribution in [0.1, 0.15) is 10.4 Å². The molecule has 2 aromatic rings. The smallest absolute Gasteiger partial charge is 0.335 e. The highest BCUT2D eigenvalue weighted by molar-refractivity contribution is 7.09. The number of benzene rings is 1. The van der Waals surface area contributed by atoms with E-state index in [1.807, 2.05) is 6.07 Å². The predicted octanol–water partition coefficient (Wildman–Crippen LogP) is 1.90. The Kier molecular flexibility index (Phi) is 2.24. The van der Waals surface area contributed by atoms with Crippen LogP contribution in [0.15, 0.2) is 30.6 Å². The van der Waals surface area contributed by atoms with Gasteiger partial charge in [0.05, 0.1) is 5.56 Å². The van der Waals surface area contributed by atoms with Crippen LogP contribution in [0.25, 0.3) is 10.6 Å². The fourth-order valence-electron chi connectivity index (χ4n) is 1.09. The van der Waals surface area contributed by atoms with Crippen molar-refractivity contribution in [1.82, 2.24) is 9.36 Å². The summed E-state index contributed by atoms with van der Waals surface area (Å²) in [5.41, 5.74) is 1.05. The zero-order valence-electron chi connectivity index (χ0n) is 7.04. The van der Waals surface area contributed by atoms with Crippen LogP contribution < -0.4 is 0 Å². The van der Waals surface area contributed by atoms with Crippen molar-refractivity contribution in [2.45, 2.75) is 0 Å². The lowest BCUT2D eigenvalue weighted by molar-refractivity contribution is 0.0697. The van der Waals surface area contributed by atoms with Crippen LogP contribution in [0, 0.1) is 0 Å². The molecule has 1 heterocycles. The molecule has 0 radical (unpaired) electrons. The number of carboxylic acids is 1. The third kappa shape index (κ3) is 1.62. The molecule has 0 saturated heterocycles. The first-order valence-corrected chi connectivity index (χ1v) is 4.65. The highest BCUT2D eigenvalue weighted by atomic mass is 32.1. The minimum Gasteiger partial charge on any atom is -0.478 e. The van der Waals surface area contributed by atoms with Gasteiger partial charge >= 0.3 is 5.97 Å². The number of nitrogens with zero attached hydrogens (tertiary/aromatic N) is 2. The van der Waals surface area contributed by atoms with E-state index in [4.69, 9.17) is 5.11 Å². The maximum Gasteiger partial charge on any atom is 0.335 e. The third-order valence-corrected chi connectivity index (χ3v) is 2.43. The number of rotatable bonds is 2. The zero-order valence-corrected chi connectivity index (χ0v) is 7.86. The summed E-state index contributed by atoms with van der Waals surface area (Å²) in [6.45, 7) is 0. The summed E-state index contributed by atoms with van der Waals surface area (Å²) in [5, 5.41) is 9.50. The van der Waals surface area contributed by atoms with E-state index in [0.29, 0.717) is 0 Å². The highest BCUT2D eigenvalue weighted by Crippen LogP contribution is 2.20. The molecule has 0 spiro atoms. The average molecular weight is 206 g/mol. The molecule has 0 aliphatic heterocycles. The van der Waals surface area contributed by atoms with Crippen molar-refractivity contribution in [2.75, 3.05) is 0 Å². The van der Waals surface area contributed by atoms with Crippen LogP contribution in [0.4, 0.5) is 0 Å². The number of aromatic nitrogens is 2. The van der Waals surface area contributed by atoms with Gasteiger partial charge < -0.3 is 5.11 Å². The number of carbonyl (C=O) groups is 1. The molecule has 0 amide bonds. The minimum absolute atomic E-state index is 0.262. The molecule has 1 aromatic carbocycles. The molecule has 1 N–H and O–H groups in total. The Morgan fingerprint density at radius 3 is 2.93 bits per heavy atom. The molecule has 0 atom stereocenters. The summed E-state index contributed by atoms with van der Waals surface area (Å²) in [6.07, 6.45) is 1.45. The summed E-state index contributed by atoms with van der Waals surface area (Å²) < 4.78 is 3.86. The largest absolute Gasteiger partial charge is 0.478 e. The van der Waals surface area contributed by atoms with Crippen LogP contribution >= 0.6 is 11.5 Å². The van der Waals surface area contributed by atoms with Gasteiger partial charge in [-0.1, -0.05) is 12.1 Å². The van der Waals surface area contributed by atoms with E-state index in [1.54, 1.807) is 18.2 Å². The Hall–Kier alpha value is -1.75. The van der Waals surface area contributed by atoms with E-state index in [2.05, 4.69) is 9.36 Å². The van der Waals surface area contributed by atoms with Gasteiger partial charge in [0.15, 0.2) is 0 Å². The summed E-state index contributed by atoms with van der Waals surface area (Å²) in [6, 6.07) is 6.64. The second-order valence-corrected chi connectivity index (χ2v) is 3.41. The van der Waals surface area contributed by atoms with Crippen molar-refractivity contribution in [2.24, 2.45) is 0 Å². The van der Waals surface area contributed by atoms with Crippen molar-refractivity contribution < 1.29 is 9.90 Å². The van der Waals surface area contributed by atoms with Gasteiger partial charge in [-0.15, -0.1) is 0 Å². The van der Waals surface area contributed by atoms with Crippen molar-refractivity contribution in [3.05, 3.63) is 36.2 Å². The monoisotopic (exact) mass is 206 g/mol. The molecule has 0 unspecified atom stereocenters.